The number of rotatable bonds is 9. The lowest BCUT2D eigenvalue weighted by molar-refractivity contribution is -0.136. The van der Waals surface area contributed by atoms with Crippen molar-refractivity contribution in [1.29, 1.82) is 0 Å². The molecule has 4 amide bonds. The molecule has 0 bridgehead atoms. The Kier molecular flexibility index (Phi) is 10.4. The topological polar surface area (TPSA) is 81.8 Å². The van der Waals surface area contributed by atoms with Gasteiger partial charge in [0.15, 0.2) is 0 Å². The Labute approximate surface area is 225 Å². The number of carbonyl (C=O) groups is 3. The highest BCUT2D eigenvalue weighted by atomic mass is 35.5. The average molecular weight is 527 g/mol. The Balaban J connectivity index is 1.62. The SMILES string of the molecule is CCCCc1ccc(C(=O)NC(C(=O)N2CCN(C(=O)Nc3cccc(Cl)c3)C(C)C2)C(C)CC)cc1. The van der Waals surface area contributed by atoms with Gasteiger partial charge >= 0.3 is 6.03 Å². The summed E-state index contributed by atoms with van der Waals surface area (Å²) in [5.41, 5.74) is 2.39. The highest BCUT2D eigenvalue weighted by Gasteiger charge is 2.35. The molecule has 0 aliphatic carbocycles. The Bertz CT molecular complexity index is 1080. The van der Waals surface area contributed by atoms with E-state index in [-0.39, 0.29) is 29.8 Å². The summed E-state index contributed by atoms with van der Waals surface area (Å²) < 4.78 is 0. The molecule has 3 atom stereocenters. The molecule has 2 N–H and O–H groups in total. The molecule has 0 radical (unpaired) electrons. The van der Waals surface area contributed by atoms with Crippen LogP contribution in [0.2, 0.25) is 5.02 Å². The summed E-state index contributed by atoms with van der Waals surface area (Å²) in [6, 6.07) is 13.6. The molecule has 8 heteroatoms. The van der Waals surface area contributed by atoms with Crippen molar-refractivity contribution in [3.63, 3.8) is 0 Å². The first kappa shape index (κ1) is 28.5. The van der Waals surface area contributed by atoms with Gasteiger partial charge in [0, 0.05) is 41.9 Å². The van der Waals surface area contributed by atoms with E-state index in [2.05, 4.69) is 17.6 Å². The van der Waals surface area contributed by atoms with Crippen molar-refractivity contribution in [3.8, 4) is 0 Å². The number of carbonyl (C=O) groups excluding carboxylic acids is 3. The van der Waals surface area contributed by atoms with Crippen LogP contribution in [-0.4, -0.2) is 59.4 Å². The zero-order valence-electron chi connectivity index (χ0n) is 22.3. The van der Waals surface area contributed by atoms with Crippen molar-refractivity contribution in [2.24, 2.45) is 5.92 Å². The summed E-state index contributed by atoms with van der Waals surface area (Å²) >= 11 is 6.02. The molecule has 200 valence electrons. The molecular weight excluding hydrogens is 488 g/mol. The minimum absolute atomic E-state index is 0.0280. The molecule has 1 heterocycles. The molecule has 3 unspecified atom stereocenters. The highest BCUT2D eigenvalue weighted by Crippen LogP contribution is 2.19. The van der Waals surface area contributed by atoms with Crippen molar-refractivity contribution in [1.82, 2.24) is 15.1 Å². The second-order valence-corrected chi connectivity index (χ2v) is 10.3. The minimum Gasteiger partial charge on any atom is -0.340 e. The second-order valence-electron chi connectivity index (χ2n) is 9.90. The fourth-order valence-corrected chi connectivity index (χ4v) is 4.72. The minimum atomic E-state index is -0.628. The van der Waals surface area contributed by atoms with Crippen LogP contribution in [0.25, 0.3) is 0 Å². The van der Waals surface area contributed by atoms with Crippen molar-refractivity contribution in [2.75, 3.05) is 25.0 Å². The van der Waals surface area contributed by atoms with Gasteiger partial charge in [-0.3, -0.25) is 9.59 Å². The Hall–Kier alpha value is -3.06. The predicted molar refractivity (Wildman–Crippen MR) is 149 cm³/mol. The van der Waals surface area contributed by atoms with Crippen LogP contribution in [0.1, 0.15) is 62.9 Å². The first-order valence-electron chi connectivity index (χ1n) is 13.2. The number of hydrogen-bond donors (Lipinski definition) is 2. The third-order valence-corrected chi connectivity index (χ3v) is 7.31. The lowest BCUT2D eigenvalue weighted by Gasteiger charge is -2.41. The van der Waals surface area contributed by atoms with Gasteiger partial charge in [0.2, 0.25) is 5.91 Å². The number of nitrogens with one attached hydrogen (secondary N) is 2. The predicted octanol–water partition coefficient (Wildman–Crippen LogP) is 5.59. The molecular formula is C29H39ClN4O3. The van der Waals surface area contributed by atoms with E-state index in [0.29, 0.717) is 35.9 Å². The lowest BCUT2D eigenvalue weighted by atomic mass is 9.96. The average Bonchev–Trinajstić information content (AvgIpc) is 2.89. The van der Waals surface area contributed by atoms with Crippen LogP contribution >= 0.6 is 11.6 Å². The molecule has 1 fully saturated rings. The van der Waals surface area contributed by atoms with Gasteiger partial charge in [-0.05, 0) is 61.6 Å². The summed E-state index contributed by atoms with van der Waals surface area (Å²) in [5, 5.41) is 6.42. The molecule has 0 saturated carbocycles. The van der Waals surface area contributed by atoms with Crippen molar-refractivity contribution in [2.45, 2.75) is 65.5 Å². The normalized spacial score (nSPS) is 17.2. The monoisotopic (exact) mass is 526 g/mol. The summed E-state index contributed by atoms with van der Waals surface area (Å²) in [6.45, 7) is 9.28. The summed E-state index contributed by atoms with van der Waals surface area (Å²) in [6.07, 6.45) is 3.99. The zero-order chi connectivity index (χ0) is 26.9. The molecule has 3 rings (SSSR count). The van der Waals surface area contributed by atoms with Gasteiger partial charge < -0.3 is 20.4 Å². The molecule has 1 aliphatic rings. The molecule has 0 aromatic heterocycles. The number of urea groups is 1. The molecule has 37 heavy (non-hydrogen) atoms. The molecule has 1 saturated heterocycles. The Morgan fingerprint density at radius 2 is 1.81 bits per heavy atom. The van der Waals surface area contributed by atoms with E-state index in [9.17, 15) is 14.4 Å². The van der Waals surface area contributed by atoms with Crippen molar-refractivity contribution in [3.05, 3.63) is 64.7 Å². The first-order valence-corrected chi connectivity index (χ1v) is 13.6. The number of amides is 4. The molecule has 2 aromatic rings. The van der Waals surface area contributed by atoms with Gasteiger partial charge in [-0.25, -0.2) is 4.79 Å². The smallest absolute Gasteiger partial charge is 0.322 e. The fraction of sp³-hybridized carbons (Fsp3) is 0.483. The van der Waals surface area contributed by atoms with Crippen LogP contribution in [0.4, 0.5) is 10.5 Å². The van der Waals surface area contributed by atoms with Crippen LogP contribution in [-0.2, 0) is 11.2 Å². The number of anilines is 1. The fourth-order valence-electron chi connectivity index (χ4n) is 4.53. The van der Waals surface area contributed by atoms with Gasteiger partial charge in [0.1, 0.15) is 6.04 Å². The van der Waals surface area contributed by atoms with E-state index in [4.69, 9.17) is 11.6 Å². The van der Waals surface area contributed by atoms with Crippen molar-refractivity contribution >= 4 is 35.1 Å². The van der Waals surface area contributed by atoms with Gasteiger partial charge in [-0.1, -0.05) is 63.4 Å². The van der Waals surface area contributed by atoms with Gasteiger partial charge in [-0.15, -0.1) is 0 Å². The number of halogens is 1. The van der Waals surface area contributed by atoms with E-state index in [0.717, 1.165) is 25.7 Å². The van der Waals surface area contributed by atoms with E-state index >= 15 is 0 Å². The number of unbranched alkanes of at least 4 members (excludes halogenated alkanes) is 1. The van der Waals surface area contributed by atoms with Crippen LogP contribution in [0.5, 0.6) is 0 Å². The first-order chi connectivity index (χ1) is 17.7. The largest absolute Gasteiger partial charge is 0.340 e. The maximum absolute atomic E-state index is 13.6. The number of benzene rings is 2. The number of hydrogen-bond acceptors (Lipinski definition) is 3. The maximum Gasteiger partial charge on any atom is 0.322 e. The molecule has 1 aliphatic heterocycles. The van der Waals surface area contributed by atoms with Crippen LogP contribution < -0.4 is 10.6 Å². The van der Waals surface area contributed by atoms with Gasteiger partial charge in [0.05, 0.1) is 0 Å². The summed E-state index contributed by atoms with van der Waals surface area (Å²) in [7, 11) is 0. The third kappa shape index (κ3) is 7.71. The summed E-state index contributed by atoms with van der Waals surface area (Å²) in [4.78, 5) is 42.9. The van der Waals surface area contributed by atoms with Crippen LogP contribution in [0.3, 0.4) is 0 Å². The summed E-state index contributed by atoms with van der Waals surface area (Å²) in [5.74, 6) is -0.378. The van der Waals surface area contributed by atoms with Crippen LogP contribution in [0, 0.1) is 5.92 Å². The van der Waals surface area contributed by atoms with Crippen molar-refractivity contribution < 1.29 is 14.4 Å². The third-order valence-electron chi connectivity index (χ3n) is 7.08. The molecule has 0 spiro atoms. The quantitative estimate of drug-likeness (QED) is 0.446. The standard InChI is InChI=1S/C29H39ClN4O3/c1-5-7-9-22-12-14-23(15-13-22)27(35)32-26(20(3)6-2)28(36)33-16-17-34(21(4)19-33)29(37)31-25-11-8-10-24(30)18-25/h8,10-15,18,20-21,26H,5-7,9,16-17,19H2,1-4H3,(H,31,37)(H,32,35). The highest BCUT2D eigenvalue weighted by molar-refractivity contribution is 6.30. The van der Waals surface area contributed by atoms with E-state index in [1.54, 1.807) is 34.1 Å². The van der Waals surface area contributed by atoms with E-state index in [1.165, 1.54) is 5.56 Å². The van der Waals surface area contributed by atoms with E-state index in [1.807, 2.05) is 45.0 Å². The second kappa shape index (κ2) is 13.5. The number of piperazine rings is 1. The number of aryl methyl sites for hydroxylation is 1. The van der Waals surface area contributed by atoms with E-state index < -0.39 is 6.04 Å². The molecule has 2 aromatic carbocycles. The number of nitrogens with zero attached hydrogens (tertiary/aromatic N) is 2. The van der Waals surface area contributed by atoms with Gasteiger partial charge in [-0.2, -0.15) is 0 Å². The Morgan fingerprint density at radius 1 is 1.08 bits per heavy atom. The lowest BCUT2D eigenvalue weighted by Crippen LogP contribution is -2.60. The maximum atomic E-state index is 13.6. The Morgan fingerprint density at radius 3 is 2.43 bits per heavy atom. The van der Waals surface area contributed by atoms with Crippen LogP contribution in [0.15, 0.2) is 48.5 Å². The zero-order valence-corrected chi connectivity index (χ0v) is 23.1. The molecule has 7 nitrogen and oxygen atoms in total. The van der Waals surface area contributed by atoms with Gasteiger partial charge in [0.25, 0.3) is 5.91 Å².